The summed E-state index contributed by atoms with van der Waals surface area (Å²) in [6.45, 7) is 0. The molecule has 2 heterocycles. The first-order valence-corrected chi connectivity index (χ1v) is 18.0. The lowest BCUT2D eigenvalue weighted by Gasteiger charge is -2.14. The van der Waals surface area contributed by atoms with Crippen LogP contribution < -0.4 is 0 Å². The quantitative estimate of drug-likeness (QED) is 0.174. The first kappa shape index (κ1) is 29.6. The average Bonchev–Trinajstić information content (AvgIpc) is 3.62. The Hall–Kier alpha value is -7.10. The second-order valence-corrected chi connectivity index (χ2v) is 13.7. The molecule has 11 aromatic rings. The van der Waals surface area contributed by atoms with Gasteiger partial charge in [-0.1, -0.05) is 158 Å². The highest BCUT2D eigenvalue weighted by atomic mass is 16.3. The second-order valence-electron chi connectivity index (χ2n) is 13.7. The molecule has 53 heavy (non-hydrogen) atoms. The van der Waals surface area contributed by atoms with Crippen LogP contribution in [0.5, 0.6) is 0 Å². The van der Waals surface area contributed by atoms with Gasteiger partial charge in [0.1, 0.15) is 11.2 Å². The van der Waals surface area contributed by atoms with Gasteiger partial charge >= 0.3 is 0 Å². The summed E-state index contributed by atoms with van der Waals surface area (Å²) < 4.78 is 6.41. The molecule has 11 rings (SSSR count). The first-order chi connectivity index (χ1) is 26.3. The van der Waals surface area contributed by atoms with Crippen molar-refractivity contribution in [3.8, 4) is 44.6 Å². The number of aromatic nitrogens is 2. The molecule has 0 fully saturated rings. The molecule has 0 spiro atoms. The van der Waals surface area contributed by atoms with E-state index in [1.807, 2.05) is 18.3 Å². The average molecular weight is 675 g/mol. The fraction of sp³-hybridized carbons (Fsp3) is 0. The standard InChI is InChI=1S/C50H30N2O/c1-3-19-43-40(16-1)41-17-2-4-20-44(41)49-48(43)51-30-46(52-49)34-15-8-13-32(29-34)36-22-10-24-38-35(21-9-25-39(36)38)31-12-7-14-33(28-31)37-23-11-26-45-42-18-5-6-27-47(42)53-50(37)45/h1-30H. The Kier molecular flexibility index (Phi) is 6.55. The Morgan fingerprint density at radius 3 is 1.49 bits per heavy atom. The molecule has 0 unspecified atom stereocenters. The van der Waals surface area contributed by atoms with Crippen LogP contribution in [0.3, 0.4) is 0 Å². The van der Waals surface area contributed by atoms with E-state index in [9.17, 15) is 0 Å². The van der Waals surface area contributed by atoms with Gasteiger partial charge in [0, 0.05) is 32.7 Å². The van der Waals surface area contributed by atoms with E-state index in [1.54, 1.807) is 0 Å². The third-order valence-electron chi connectivity index (χ3n) is 10.7. The highest BCUT2D eigenvalue weighted by molar-refractivity contribution is 6.23. The molecule has 0 aliphatic carbocycles. The van der Waals surface area contributed by atoms with Crippen LogP contribution in [0.1, 0.15) is 0 Å². The summed E-state index contributed by atoms with van der Waals surface area (Å²) in [6.07, 6.45) is 1.92. The van der Waals surface area contributed by atoms with E-state index in [1.165, 1.54) is 38.2 Å². The summed E-state index contributed by atoms with van der Waals surface area (Å²) in [6, 6.07) is 62.4. The van der Waals surface area contributed by atoms with Crippen molar-refractivity contribution in [2.75, 3.05) is 0 Å². The molecule has 9 aromatic carbocycles. The molecule has 3 nitrogen and oxygen atoms in total. The van der Waals surface area contributed by atoms with E-state index in [0.29, 0.717) is 0 Å². The molecule has 0 saturated heterocycles. The van der Waals surface area contributed by atoms with E-state index >= 15 is 0 Å². The third kappa shape index (κ3) is 4.68. The minimum Gasteiger partial charge on any atom is -0.455 e. The van der Waals surface area contributed by atoms with Crippen molar-refractivity contribution < 1.29 is 4.42 Å². The normalized spacial score (nSPS) is 11.8. The largest absolute Gasteiger partial charge is 0.455 e. The zero-order valence-corrected chi connectivity index (χ0v) is 28.6. The summed E-state index contributed by atoms with van der Waals surface area (Å²) in [5.74, 6) is 0. The maximum atomic E-state index is 6.41. The second kappa shape index (κ2) is 11.7. The molecule has 0 atom stereocenters. The van der Waals surface area contributed by atoms with E-state index in [4.69, 9.17) is 14.4 Å². The monoisotopic (exact) mass is 674 g/mol. The maximum absolute atomic E-state index is 6.41. The maximum Gasteiger partial charge on any atom is 0.143 e. The number of hydrogen-bond acceptors (Lipinski definition) is 3. The lowest BCUT2D eigenvalue weighted by atomic mass is 9.91. The van der Waals surface area contributed by atoms with Crippen LogP contribution in [0, 0.1) is 0 Å². The molecule has 0 amide bonds. The Morgan fingerprint density at radius 2 is 0.811 bits per heavy atom. The van der Waals surface area contributed by atoms with Gasteiger partial charge < -0.3 is 4.42 Å². The minimum atomic E-state index is 0.858. The van der Waals surface area contributed by atoms with Crippen LogP contribution in [-0.2, 0) is 0 Å². The predicted octanol–water partition coefficient (Wildman–Crippen LogP) is 13.7. The number of benzene rings is 9. The van der Waals surface area contributed by atoms with Gasteiger partial charge in [0.2, 0.25) is 0 Å². The van der Waals surface area contributed by atoms with Crippen molar-refractivity contribution in [2.45, 2.75) is 0 Å². The molecule has 0 radical (unpaired) electrons. The van der Waals surface area contributed by atoms with E-state index in [-0.39, 0.29) is 0 Å². The predicted molar refractivity (Wildman–Crippen MR) is 221 cm³/mol. The molecular weight excluding hydrogens is 645 g/mol. The van der Waals surface area contributed by atoms with Gasteiger partial charge in [0.25, 0.3) is 0 Å². The third-order valence-corrected chi connectivity index (χ3v) is 10.7. The van der Waals surface area contributed by atoms with Crippen LogP contribution in [0.25, 0.3) is 110 Å². The number of fused-ring (bicyclic) bond motifs is 10. The molecule has 0 N–H and O–H groups in total. The van der Waals surface area contributed by atoms with Gasteiger partial charge in [-0.3, -0.25) is 4.98 Å². The van der Waals surface area contributed by atoms with E-state index in [2.05, 4.69) is 164 Å². The van der Waals surface area contributed by atoms with Crippen LogP contribution in [0.4, 0.5) is 0 Å². The van der Waals surface area contributed by atoms with E-state index < -0.39 is 0 Å². The lowest BCUT2D eigenvalue weighted by Crippen LogP contribution is -1.92. The van der Waals surface area contributed by atoms with Crippen molar-refractivity contribution in [1.29, 1.82) is 0 Å². The number of para-hydroxylation sites is 2. The van der Waals surface area contributed by atoms with Gasteiger partial charge in [0.15, 0.2) is 0 Å². The van der Waals surface area contributed by atoms with Crippen molar-refractivity contribution in [1.82, 2.24) is 9.97 Å². The van der Waals surface area contributed by atoms with Crippen molar-refractivity contribution in [3.05, 3.63) is 182 Å². The summed E-state index contributed by atoms with van der Waals surface area (Å²) in [5, 5.41) is 9.32. The smallest absolute Gasteiger partial charge is 0.143 e. The number of rotatable bonds is 4. The first-order valence-electron chi connectivity index (χ1n) is 18.0. The summed E-state index contributed by atoms with van der Waals surface area (Å²) in [5.41, 5.74) is 12.5. The molecule has 0 aliphatic heterocycles. The number of nitrogens with zero attached hydrogens (tertiary/aromatic N) is 2. The van der Waals surface area contributed by atoms with Gasteiger partial charge in [0.05, 0.1) is 22.9 Å². The summed E-state index contributed by atoms with van der Waals surface area (Å²) in [4.78, 5) is 10.3. The minimum absolute atomic E-state index is 0.858. The molecule has 246 valence electrons. The highest BCUT2D eigenvalue weighted by Gasteiger charge is 2.16. The van der Waals surface area contributed by atoms with Gasteiger partial charge in [-0.25, -0.2) is 4.98 Å². The van der Waals surface area contributed by atoms with Gasteiger partial charge in [-0.15, -0.1) is 0 Å². The van der Waals surface area contributed by atoms with Crippen LogP contribution >= 0.6 is 0 Å². The number of furan rings is 1. The Labute approximate surface area is 305 Å². The van der Waals surface area contributed by atoms with E-state index in [0.717, 1.165) is 71.7 Å². The van der Waals surface area contributed by atoms with Crippen molar-refractivity contribution in [3.63, 3.8) is 0 Å². The van der Waals surface area contributed by atoms with Crippen LogP contribution in [-0.4, -0.2) is 9.97 Å². The highest BCUT2D eigenvalue weighted by Crippen LogP contribution is 2.40. The summed E-state index contributed by atoms with van der Waals surface area (Å²) in [7, 11) is 0. The molecule has 0 aliphatic rings. The lowest BCUT2D eigenvalue weighted by molar-refractivity contribution is 0.670. The Balaban J connectivity index is 1.02. The SMILES string of the molecule is c1cc(-c2cnc3c4ccccc4c4ccccc4c3n2)cc(-c2cccc3c(-c4cccc(-c5cccc6c5oc5ccccc56)c4)cccc23)c1. The van der Waals surface area contributed by atoms with Crippen LogP contribution in [0.15, 0.2) is 187 Å². The Morgan fingerprint density at radius 1 is 0.340 bits per heavy atom. The van der Waals surface area contributed by atoms with Crippen molar-refractivity contribution in [2.24, 2.45) is 0 Å². The zero-order valence-electron chi connectivity index (χ0n) is 28.6. The zero-order chi connectivity index (χ0) is 34.9. The molecule has 3 heteroatoms. The molecular formula is C50H30N2O. The van der Waals surface area contributed by atoms with Crippen LogP contribution in [0.2, 0.25) is 0 Å². The molecule has 0 bridgehead atoms. The topological polar surface area (TPSA) is 38.9 Å². The Bertz CT molecular complexity index is 3210. The van der Waals surface area contributed by atoms with Gasteiger partial charge in [-0.05, 0) is 67.6 Å². The summed E-state index contributed by atoms with van der Waals surface area (Å²) >= 11 is 0. The molecule has 2 aromatic heterocycles. The fourth-order valence-corrected chi connectivity index (χ4v) is 8.25. The van der Waals surface area contributed by atoms with Crippen molar-refractivity contribution >= 4 is 65.3 Å². The number of hydrogen-bond donors (Lipinski definition) is 0. The van der Waals surface area contributed by atoms with Gasteiger partial charge in [-0.2, -0.15) is 0 Å². The molecule has 0 saturated carbocycles. The fourth-order valence-electron chi connectivity index (χ4n) is 8.25.